The lowest BCUT2D eigenvalue weighted by atomic mass is 9.98. The summed E-state index contributed by atoms with van der Waals surface area (Å²) in [5.74, 6) is -0.00670. The SMILES string of the molecule is COc1ccccc1C(=O)OOC1CCCCC1. The van der Waals surface area contributed by atoms with E-state index in [4.69, 9.17) is 14.5 Å². The van der Waals surface area contributed by atoms with E-state index >= 15 is 0 Å². The number of carbonyl (C=O) groups is 1. The molecular weight excluding hydrogens is 232 g/mol. The first-order chi connectivity index (χ1) is 8.81. The molecule has 18 heavy (non-hydrogen) atoms. The van der Waals surface area contributed by atoms with Gasteiger partial charge in [-0.25, -0.2) is 4.79 Å². The standard InChI is InChI=1S/C14H18O4/c1-16-13-10-6-5-9-12(13)14(15)18-17-11-7-3-2-4-8-11/h5-6,9-11H,2-4,7-8H2,1H3. The van der Waals surface area contributed by atoms with Gasteiger partial charge in [0.1, 0.15) is 17.4 Å². The molecule has 0 unspecified atom stereocenters. The van der Waals surface area contributed by atoms with Crippen molar-refractivity contribution >= 4 is 5.97 Å². The highest BCUT2D eigenvalue weighted by molar-refractivity contribution is 5.92. The van der Waals surface area contributed by atoms with Gasteiger partial charge in [0.25, 0.3) is 0 Å². The molecule has 2 rings (SSSR count). The molecule has 0 radical (unpaired) electrons. The minimum atomic E-state index is -0.502. The molecule has 1 aromatic rings. The summed E-state index contributed by atoms with van der Waals surface area (Å²) in [6.07, 6.45) is 5.46. The fourth-order valence-corrected chi connectivity index (χ4v) is 2.13. The Morgan fingerprint density at radius 3 is 2.61 bits per heavy atom. The first kappa shape index (κ1) is 12.9. The molecule has 0 heterocycles. The monoisotopic (exact) mass is 250 g/mol. The van der Waals surface area contributed by atoms with Crippen LogP contribution in [0.5, 0.6) is 5.75 Å². The van der Waals surface area contributed by atoms with Crippen LogP contribution in [0.15, 0.2) is 24.3 Å². The Hall–Kier alpha value is -1.55. The fraction of sp³-hybridized carbons (Fsp3) is 0.500. The third kappa shape index (κ3) is 3.23. The van der Waals surface area contributed by atoms with Crippen molar-refractivity contribution < 1.29 is 19.3 Å². The molecule has 0 amide bonds. The van der Waals surface area contributed by atoms with Crippen molar-refractivity contribution in [3.63, 3.8) is 0 Å². The van der Waals surface area contributed by atoms with Crippen molar-refractivity contribution in [1.82, 2.24) is 0 Å². The lowest BCUT2D eigenvalue weighted by molar-refractivity contribution is -0.279. The summed E-state index contributed by atoms with van der Waals surface area (Å²) < 4.78 is 5.10. The van der Waals surface area contributed by atoms with Gasteiger partial charge in [0.15, 0.2) is 0 Å². The highest BCUT2D eigenvalue weighted by Gasteiger charge is 2.19. The van der Waals surface area contributed by atoms with E-state index in [-0.39, 0.29) is 6.10 Å². The van der Waals surface area contributed by atoms with Crippen molar-refractivity contribution in [1.29, 1.82) is 0 Å². The zero-order valence-electron chi connectivity index (χ0n) is 10.6. The van der Waals surface area contributed by atoms with Crippen LogP contribution < -0.4 is 4.74 Å². The van der Waals surface area contributed by atoms with E-state index in [1.807, 2.05) is 0 Å². The zero-order chi connectivity index (χ0) is 12.8. The van der Waals surface area contributed by atoms with E-state index < -0.39 is 5.97 Å². The molecule has 1 fully saturated rings. The molecule has 1 aliphatic carbocycles. The molecule has 4 nitrogen and oxygen atoms in total. The summed E-state index contributed by atoms with van der Waals surface area (Å²) in [6.45, 7) is 0. The van der Waals surface area contributed by atoms with Crippen LogP contribution in [0, 0.1) is 0 Å². The van der Waals surface area contributed by atoms with Gasteiger partial charge in [-0.3, -0.25) is 4.89 Å². The summed E-state index contributed by atoms with van der Waals surface area (Å²) >= 11 is 0. The van der Waals surface area contributed by atoms with E-state index in [1.165, 1.54) is 13.5 Å². The number of benzene rings is 1. The molecule has 1 aliphatic rings. The number of carbonyl (C=O) groups excluding carboxylic acids is 1. The molecule has 0 aliphatic heterocycles. The Labute approximate surface area is 107 Å². The Kier molecular flexibility index (Phi) is 4.59. The maximum atomic E-state index is 11.8. The molecule has 4 heteroatoms. The fourth-order valence-electron chi connectivity index (χ4n) is 2.13. The van der Waals surface area contributed by atoms with Crippen molar-refractivity contribution in [3.05, 3.63) is 29.8 Å². The maximum Gasteiger partial charge on any atom is 0.376 e. The normalized spacial score (nSPS) is 16.3. The van der Waals surface area contributed by atoms with Gasteiger partial charge >= 0.3 is 5.97 Å². The largest absolute Gasteiger partial charge is 0.496 e. The number of hydrogen-bond acceptors (Lipinski definition) is 4. The van der Waals surface area contributed by atoms with Crippen LogP contribution in [0.25, 0.3) is 0 Å². The van der Waals surface area contributed by atoms with Gasteiger partial charge in [0.05, 0.1) is 7.11 Å². The minimum absolute atomic E-state index is 0.0393. The van der Waals surface area contributed by atoms with E-state index in [1.54, 1.807) is 24.3 Å². The number of hydrogen-bond donors (Lipinski definition) is 0. The van der Waals surface area contributed by atoms with Crippen LogP contribution in [-0.2, 0) is 9.78 Å². The zero-order valence-corrected chi connectivity index (χ0v) is 10.6. The van der Waals surface area contributed by atoms with Crippen molar-refractivity contribution in [2.75, 3.05) is 7.11 Å². The average molecular weight is 250 g/mol. The third-order valence-electron chi connectivity index (χ3n) is 3.14. The highest BCUT2D eigenvalue weighted by Crippen LogP contribution is 2.22. The lowest BCUT2D eigenvalue weighted by Crippen LogP contribution is -2.19. The molecule has 0 saturated heterocycles. The van der Waals surface area contributed by atoms with E-state index in [0.29, 0.717) is 11.3 Å². The number of ether oxygens (including phenoxy) is 1. The summed E-state index contributed by atoms with van der Waals surface area (Å²) in [7, 11) is 1.52. The van der Waals surface area contributed by atoms with Gasteiger partial charge in [-0.05, 0) is 25.0 Å². The molecule has 0 atom stereocenters. The second kappa shape index (κ2) is 6.40. The first-order valence-corrected chi connectivity index (χ1v) is 6.32. The van der Waals surface area contributed by atoms with Crippen LogP contribution in [0.4, 0.5) is 0 Å². The average Bonchev–Trinajstić information content (AvgIpc) is 2.45. The topological polar surface area (TPSA) is 44.8 Å². The van der Waals surface area contributed by atoms with Crippen LogP contribution in [0.1, 0.15) is 42.5 Å². The predicted molar refractivity (Wildman–Crippen MR) is 66.4 cm³/mol. The van der Waals surface area contributed by atoms with E-state index in [9.17, 15) is 4.79 Å². The Balaban J connectivity index is 1.90. The highest BCUT2D eigenvalue weighted by atomic mass is 17.2. The van der Waals surface area contributed by atoms with Gasteiger partial charge in [-0.15, -0.1) is 0 Å². The molecule has 0 aromatic heterocycles. The van der Waals surface area contributed by atoms with Gasteiger partial charge < -0.3 is 4.74 Å². The minimum Gasteiger partial charge on any atom is -0.496 e. The Bertz CT molecular complexity index is 397. The summed E-state index contributed by atoms with van der Waals surface area (Å²) in [5.41, 5.74) is 0.385. The third-order valence-corrected chi connectivity index (χ3v) is 3.14. The maximum absolute atomic E-state index is 11.8. The molecule has 0 N–H and O–H groups in total. The van der Waals surface area contributed by atoms with Crippen LogP contribution in [0.3, 0.4) is 0 Å². The molecular formula is C14H18O4. The molecule has 0 spiro atoms. The van der Waals surface area contributed by atoms with Gasteiger partial charge in [0.2, 0.25) is 0 Å². The number of methoxy groups -OCH3 is 1. The molecule has 1 saturated carbocycles. The molecule has 1 aromatic carbocycles. The van der Waals surface area contributed by atoms with E-state index in [2.05, 4.69) is 0 Å². The quantitative estimate of drug-likeness (QED) is 0.608. The summed E-state index contributed by atoms with van der Waals surface area (Å²) in [6, 6.07) is 6.94. The number of para-hydroxylation sites is 1. The first-order valence-electron chi connectivity index (χ1n) is 6.32. The van der Waals surface area contributed by atoms with Crippen LogP contribution in [0.2, 0.25) is 0 Å². The summed E-state index contributed by atoms with van der Waals surface area (Å²) in [5, 5.41) is 0. The Morgan fingerprint density at radius 1 is 1.17 bits per heavy atom. The summed E-state index contributed by atoms with van der Waals surface area (Å²) in [4.78, 5) is 21.9. The second-order valence-electron chi connectivity index (χ2n) is 4.43. The van der Waals surface area contributed by atoms with Crippen molar-refractivity contribution in [2.45, 2.75) is 38.2 Å². The molecule has 0 bridgehead atoms. The second-order valence-corrected chi connectivity index (χ2v) is 4.43. The van der Waals surface area contributed by atoms with Gasteiger partial charge in [-0.2, -0.15) is 4.89 Å². The van der Waals surface area contributed by atoms with Crippen LogP contribution >= 0.6 is 0 Å². The van der Waals surface area contributed by atoms with E-state index in [0.717, 1.165) is 25.7 Å². The number of rotatable bonds is 4. The molecule has 98 valence electrons. The van der Waals surface area contributed by atoms with Gasteiger partial charge in [0, 0.05) is 0 Å². The van der Waals surface area contributed by atoms with Crippen molar-refractivity contribution in [2.24, 2.45) is 0 Å². The smallest absolute Gasteiger partial charge is 0.376 e. The Morgan fingerprint density at radius 2 is 1.89 bits per heavy atom. The predicted octanol–water partition coefficient (Wildman–Crippen LogP) is 3.12. The lowest BCUT2D eigenvalue weighted by Gasteiger charge is -2.20. The van der Waals surface area contributed by atoms with Crippen molar-refractivity contribution in [3.8, 4) is 5.75 Å². The van der Waals surface area contributed by atoms with Crippen LogP contribution in [-0.4, -0.2) is 19.2 Å². The van der Waals surface area contributed by atoms with Gasteiger partial charge in [-0.1, -0.05) is 31.4 Å².